The second-order valence-electron chi connectivity index (χ2n) is 5.13. The second-order valence-corrected chi connectivity index (χ2v) is 5.13. The molecule has 0 unspecified atom stereocenters. The van der Waals surface area contributed by atoms with Crippen molar-refractivity contribution in [2.24, 2.45) is 0 Å². The van der Waals surface area contributed by atoms with Crippen LogP contribution in [0.15, 0.2) is 41.2 Å². The molecular formula is C17H13F2N3O3. The van der Waals surface area contributed by atoms with Gasteiger partial charge in [-0.15, -0.1) is 0 Å². The van der Waals surface area contributed by atoms with Crippen molar-refractivity contribution in [1.82, 2.24) is 10.1 Å². The quantitative estimate of drug-likeness (QED) is 0.782. The highest BCUT2D eigenvalue weighted by Gasteiger charge is 2.23. The second kappa shape index (κ2) is 6.68. The van der Waals surface area contributed by atoms with E-state index >= 15 is 0 Å². The Morgan fingerprint density at radius 3 is 2.80 bits per heavy atom. The maximum atomic E-state index is 13.8. The molecule has 0 aliphatic heterocycles. The molecule has 0 atom stereocenters. The van der Waals surface area contributed by atoms with Crippen LogP contribution < -0.4 is 10.1 Å². The van der Waals surface area contributed by atoms with E-state index in [4.69, 9.17) is 9.26 Å². The molecule has 0 fully saturated rings. The largest absolute Gasteiger partial charge is 0.492 e. The summed E-state index contributed by atoms with van der Waals surface area (Å²) >= 11 is 0. The standard InChI is InChI=1S/C17H13F2N3O3/c1-9-14(15(22-25-9)10-4-3-5-20-8-10)17(23)21-13-7-11(18)6-12(19)16(13)24-2/h3-8H,1-2H3,(H,21,23). The van der Waals surface area contributed by atoms with E-state index < -0.39 is 17.5 Å². The number of halogens is 2. The number of aromatic nitrogens is 2. The molecule has 0 aliphatic rings. The third-order valence-electron chi connectivity index (χ3n) is 3.49. The number of rotatable bonds is 4. The van der Waals surface area contributed by atoms with E-state index in [2.05, 4.69) is 15.5 Å². The number of hydrogen-bond acceptors (Lipinski definition) is 5. The number of benzene rings is 1. The molecule has 0 radical (unpaired) electrons. The lowest BCUT2D eigenvalue weighted by molar-refractivity contribution is 0.102. The molecule has 128 valence electrons. The molecule has 0 saturated carbocycles. The average molecular weight is 345 g/mol. The summed E-state index contributed by atoms with van der Waals surface area (Å²) in [6, 6.07) is 5.03. The van der Waals surface area contributed by atoms with Gasteiger partial charge in [-0.2, -0.15) is 0 Å². The van der Waals surface area contributed by atoms with Gasteiger partial charge in [0.05, 0.1) is 12.8 Å². The number of nitrogens with one attached hydrogen (secondary N) is 1. The Balaban J connectivity index is 2.00. The Kier molecular flexibility index (Phi) is 4.42. The summed E-state index contributed by atoms with van der Waals surface area (Å²) in [5.74, 6) is -2.42. The zero-order chi connectivity index (χ0) is 18.0. The normalized spacial score (nSPS) is 10.6. The van der Waals surface area contributed by atoms with Crippen molar-refractivity contribution in [2.75, 3.05) is 12.4 Å². The molecule has 2 heterocycles. The minimum absolute atomic E-state index is 0.136. The topological polar surface area (TPSA) is 77.2 Å². The lowest BCUT2D eigenvalue weighted by atomic mass is 10.1. The van der Waals surface area contributed by atoms with Gasteiger partial charge in [0.2, 0.25) is 0 Å². The zero-order valence-electron chi connectivity index (χ0n) is 13.3. The molecule has 1 aromatic carbocycles. The number of nitrogens with zero attached hydrogens (tertiary/aromatic N) is 2. The SMILES string of the molecule is COc1c(F)cc(F)cc1NC(=O)c1c(-c2cccnc2)noc1C. The summed E-state index contributed by atoms with van der Waals surface area (Å²) in [7, 11) is 1.22. The van der Waals surface area contributed by atoms with Gasteiger partial charge in [-0.3, -0.25) is 9.78 Å². The third-order valence-corrected chi connectivity index (χ3v) is 3.49. The van der Waals surface area contributed by atoms with Gasteiger partial charge < -0.3 is 14.6 Å². The van der Waals surface area contributed by atoms with E-state index in [9.17, 15) is 13.6 Å². The molecule has 3 rings (SSSR count). The van der Waals surface area contributed by atoms with Gasteiger partial charge in [0, 0.05) is 30.1 Å². The summed E-state index contributed by atoms with van der Waals surface area (Å²) in [6.07, 6.45) is 3.10. The maximum Gasteiger partial charge on any atom is 0.261 e. The molecule has 0 aliphatic carbocycles. The molecule has 2 aromatic heterocycles. The lowest BCUT2D eigenvalue weighted by Crippen LogP contribution is -2.15. The first-order valence-electron chi connectivity index (χ1n) is 7.22. The Hall–Kier alpha value is -3.29. The number of ether oxygens (including phenoxy) is 1. The molecule has 0 spiro atoms. The van der Waals surface area contributed by atoms with E-state index in [0.717, 1.165) is 6.07 Å². The minimum Gasteiger partial charge on any atom is -0.492 e. The lowest BCUT2D eigenvalue weighted by Gasteiger charge is -2.11. The van der Waals surface area contributed by atoms with E-state index in [0.29, 0.717) is 11.6 Å². The van der Waals surface area contributed by atoms with Crippen LogP contribution in [0.2, 0.25) is 0 Å². The van der Waals surface area contributed by atoms with Crippen LogP contribution in [-0.4, -0.2) is 23.2 Å². The molecule has 6 nitrogen and oxygen atoms in total. The van der Waals surface area contributed by atoms with E-state index in [1.165, 1.54) is 13.3 Å². The van der Waals surface area contributed by atoms with Crippen LogP contribution in [0.5, 0.6) is 5.75 Å². The van der Waals surface area contributed by atoms with E-state index in [1.807, 2.05) is 0 Å². The Morgan fingerprint density at radius 1 is 1.32 bits per heavy atom. The van der Waals surface area contributed by atoms with Crippen molar-refractivity contribution >= 4 is 11.6 Å². The van der Waals surface area contributed by atoms with E-state index in [1.54, 1.807) is 25.3 Å². The number of methoxy groups -OCH3 is 1. The van der Waals surface area contributed by atoms with Crippen molar-refractivity contribution in [3.8, 4) is 17.0 Å². The van der Waals surface area contributed by atoms with Gasteiger partial charge in [-0.05, 0) is 19.1 Å². The van der Waals surface area contributed by atoms with Crippen molar-refractivity contribution in [2.45, 2.75) is 6.92 Å². The fraction of sp³-hybridized carbons (Fsp3) is 0.118. The summed E-state index contributed by atoms with van der Waals surface area (Å²) < 4.78 is 37.2. The van der Waals surface area contributed by atoms with Gasteiger partial charge in [0.15, 0.2) is 11.6 Å². The molecule has 25 heavy (non-hydrogen) atoms. The zero-order valence-corrected chi connectivity index (χ0v) is 13.3. The minimum atomic E-state index is -0.924. The highest BCUT2D eigenvalue weighted by atomic mass is 19.1. The van der Waals surface area contributed by atoms with Crippen molar-refractivity contribution in [3.05, 3.63) is 59.6 Å². The monoisotopic (exact) mass is 345 g/mol. The number of amides is 1. The molecular weight excluding hydrogens is 332 g/mol. The van der Waals surface area contributed by atoms with Gasteiger partial charge in [-0.25, -0.2) is 8.78 Å². The molecule has 8 heteroatoms. The number of anilines is 1. The van der Waals surface area contributed by atoms with Gasteiger partial charge >= 0.3 is 0 Å². The highest BCUT2D eigenvalue weighted by Crippen LogP contribution is 2.31. The fourth-order valence-corrected chi connectivity index (χ4v) is 2.38. The summed E-state index contributed by atoms with van der Waals surface area (Å²) in [5.41, 5.74) is 0.850. The van der Waals surface area contributed by atoms with Gasteiger partial charge in [0.25, 0.3) is 5.91 Å². The first-order valence-corrected chi connectivity index (χ1v) is 7.22. The highest BCUT2D eigenvalue weighted by molar-refractivity contribution is 6.09. The number of pyridine rings is 1. The molecule has 1 N–H and O–H groups in total. The molecule has 0 bridgehead atoms. The number of carbonyl (C=O) groups is 1. The van der Waals surface area contributed by atoms with Gasteiger partial charge in [-0.1, -0.05) is 5.16 Å². The van der Waals surface area contributed by atoms with Crippen LogP contribution in [0.4, 0.5) is 14.5 Å². The van der Waals surface area contributed by atoms with Crippen molar-refractivity contribution < 1.29 is 22.8 Å². The van der Waals surface area contributed by atoms with Crippen LogP contribution in [0.3, 0.4) is 0 Å². The number of hydrogen-bond donors (Lipinski definition) is 1. The maximum absolute atomic E-state index is 13.8. The summed E-state index contributed by atoms with van der Waals surface area (Å²) in [4.78, 5) is 16.6. The van der Waals surface area contributed by atoms with Crippen LogP contribution in [0.25, 0.3) is 11.3 Å². The van der Waals surface area contributed by atoms with Crippen LogP contribution in [0, 0.1) is 18.6 Å². The summed E-state index contributed by atoms with van der Waals surface area (Å²) in [6.45, 7) is 1.56. The first-order chi connectivity index (χ1) is 12.0. The number of carbonyl (C=O) groups excluding carboxylic acids is 1. The Bertz CT molecular complexity index is 926. The Labute approximate surface area is 141 Å². The molecule has 1 amide bonds. The first kappa shape index (κ1) is 16.6. The smallest absolute Gasteiger partial charge is 0.261 e. The van der Waals surface area contributed by atoms with Crippen LogP contribution in [0.1, 0.15) is 16.1 Å². The van der Waals surface area contributed by atoms with Gasteiger partial charge in [0.1, 0.15) is 22.8 Å². The van der Waals surface area contributed by atoms with E-state index in [-0.39, 0.29) is 28.5 Å². The third kappa shape index (κ3) is 3.18. The van der Waals surface area contributed by atoms with Crippen molar-refractivity contribution in [1.29, 1.82) is 0 Å². The molecule has 3 aromatic rings. The summed E-state index contributed by atoms with van der Waals surface area (Å²) in [5, 5.41) is 6.30. The number of aryl methyl sites for hydroxylation is 1. The predicted molar refractivity (Wildman–Crippen MR) is 85.3 cm³/mol. The van der Waals surface area contributed by atoms with Crippen LogP contribution >= 0.6 is 0 Å². The predicted octanol–water partition coefficient (Wildman–Crippen LogP) is 3.58. The fourth-order valence-electron chi connectivity index (χ4n) is 2.38. The molecule has 0 saturated heterocycles. The Morgan fingerprint density at radius 2 is 2.12 bits per heavy atom. The van der Waals surface area contributed by atoms with Crippen molar-refractivity contribution in [3.63, 3.8) is 0 Å². The average Bonchev–Trinajstić information content (AvgIpc) is 2.97. The van der Waals surface area contributed by atoms with Crippen LogP contribution in [-0.2, 0) is 0 Å².